The second-order valence-electron chi connectivity index (χ2n) is 3.46. The molecule has 3 heteroatoms. The topological polar surface area (TPSA) is 18.5 Å². The predicted octanol–water partition coefficient (Wildman–Crippen LogP) is 3.31. The van der Waals surface area contributed by atoms with E-state index in [9.17, 15) is 4.39 Å². The van der Waals surface area contributed by atoms with Crippen LogP contribution in [-0.4, -0.2) is 14.2 Å². The summed E-state index contributed by atoms with van der Waals surface area (Å²) < 4.78 is 24.1. The van der Waals surface area contributed by atoms with Crippen molar-refractivity contribution in [1.29, 1.82) is 0 Å². The van der Waals surface area contributed by atoms with Gasteiger partial charge in [-0.15, -0.1) is 0 Å². The third-order valence-corrected chi connectivity index (χ3v) is 2.47. The van der Waals surface area contributed by atoms with Crippen molar-refractivity contribution < 1.29 is 13.9 Å². The van der Waals surface area contributed by atoms with E-state index in [0.717, 1.165) is 0 Å². The molecule has 0 spiro atoms. The van der Waals surface area contributed by atoms with E-state index < -0.39 is 0 Å². The standard InChI is InChI=1S/C14H12FO2/c1-16-13-8-11(10-6-4-3-5-7-10)12(15)9-14(13)17-2/h3-6,8-9H,1-2H3. The number of rotatable bonds is 3. The van der Waals surface area contributed by atoms with Gasteiger partial charge < -0.3 is 9.47 Å². The lowest BCUT2D eigenvalue weighted by Gasteiger charge is -2.10. The average molecular weight is 231 g/mol. The minimum atomic E-state index is -0.356. The van der Waals surface area contributed by atoms with Crippen molar-refractivity contribution in [2.45, 2.75) is 0 Å². The summed E-state index contributed by atoms with van der Waals surface area (Å²) in [5.74, 6) is 0.524. The van der Waals surface area contributed by atoms with Gasteiger partial charge in [-0.1, -0.05) is 24.3 Å². The van der Waals surface area contributed by atoms with Gasteiger partial charge in [0.2, 0.25) is 0 Å². The van der Waals surface area contributed by atoms with Gasteiger partial charge in [0.05, 0.1) is 14.2 Å². The summed E-state index contributed by atoms with van der Waals surface area (Å²) >= 11 is 0. The van der Waals surface area contributed by atoms with E-state index in [1.165, 1.54) is 20.3 Å². The lowest BCUT2D eigenvalue weighted by atomic mass is 10.0. The highest BCUT2D eigenvalue weighted by atomic mass is 19.1. The van der Waals surface area contributed by atoms with Crippen LogP contribution in [0.1, 0.15) is 0 Å². The number of ether oxygens (including phenoxy) is 2. The quantitative estimate of drug-likeness (QED) is 0.806. The Morgan fingerprint density at radius 3 is 2.35 bits per heavy atom. The largest absolute Gasteiger partial charge is 0.493 e. The second kappa shape index (κ2) is 4.87. The summed E-state index contributed by atoms with van der Waals surface area (Å²) in [4.78, 5) is 0. The zero-order valence-corrected chi connectivity index (χ0v) is 9.66. The third kappa shape index (κ3) is 2.23. The maximum absolute atomic E-state index is 13.9. The second-order valence-corrected chi connectivity index (χ2v) is 3.46. The molecule has 0 bridgehead atoms. The molecule has 0 saturated carbocycles. The van der Waals surface area contributed by atoms with Crippen LogP contribution in [0.2, 0.25) is 0 Å². The molecule has 0 aromatic heterocycles. The van der Waals surface area contributed by atoms with Crippen LogP contribution in [0, 0.1) is 11.9 Å². The van der Waals surface area contributed by atoms with Gasteiger partial charge in [0, 0.05) is 11.6 Å². The van der Waals surface area contributed by atoms with Gasteiger partial charge in [-0.05, 0) is 17.7 Å². The van der Waals surface area contributed by atoms with Crippen molar-refractivity contribution >= 4 is 0 Å². The first-order valence-electron chi connectivity index (χ1n) is 5.15. The highest BCUT2D eigenvalue weighted by molar-refractivity contribution is 5.67. The number of hydrogen-bond donors (Lipinski definition) is 0. The average Bonchev–Trinajstić information content (AvgIpc) is 2.39. The maximum Gasteiger partial charge on any atom is 0.163 e. The van der Waals surface area contributed by atoms with E-state index in [1.54, 1.807) is 18.2 Å². The van der Waals surface area contributed by atoms with E-state index in [4.69, 9.17) is 9.47 Å². The molecule has 17 heavy (non-hydrogen) atoms. The molecular formula is C14H12FO2. The van der Waals surface area contributed by atoms with E-state index >= 15 is 0 Å². The Labute approximate surface area is 99.6 Å². The Morgan fingerprint density at radius 1 is 1.06 bits per heavy atom. The van der Waals surface area contributed by atoms with Crippen LogP contribution in [0.3, 0.4) is 0 Å². The molecule has 0 amide bonds. The molecule has 0 aliphatic heterocycles. The maximum atomic E-state index is 13.9. The van der Waals surface area contributed by atoms with Gasteiger partial charge in [0.25, 0.3) is 0 Å². The Kier molecular flexibility index (Phi) is 3.28. The number of halogens is 1. The summed E-state index contributed by atoms with van der Waals surface area (Å²) in [7, 11) is 3.00. The number of hydrogen-bond acceptors (Lipinski definition) is 2. The van der Waals surface area contributed by atoms with Crippen LogP contribution < -0.4 is 9.47 Å². The van der Waals surface area contributed by atoms with Crippen LogP contribution in [0.15, 0.2) is 36.4 Å². The summed E-state index contributed by atoms with van der Waals surface area (Å²) in [6, 6.07) is 13.1. The SMILES string of the molecule is COc1cc(F)c(-c2[c]cccc2)cc1OC. The Bertz CT molecular complexity index is 509. The van der Waals surface area contributed by atoms with E-state index in [2.05, 4.69) is 6.07 Å². The molecular weight excluding hydrogens is 219 g/mol. The fourth-order valence-corrected chi connectivity index (χ4v) is 1.62. The molecule has 2 aromatic rings. The molecule has 2 aromatic carbocycles. The first kappa shape index (κ1) is 11.5. The molecule has 0 heterocycles. The van der Waals surface area contributed by atoms with Gasteiger partial charge in [-0.2, -0.15) is 0 Å². The van der Waals surface area contributed by atoms with Gasteiger partial charge in [-0.3, -0.25) is 0 Å². The van der Waals surface area contributed by atoms with Crippen molar-refractivity contribution in [2.24, 2.45) is 0 Å². The molecule has 87 valence electrons. The molecule has 2 rings (SSSR count). The van der Waals surface area contributed by atoms with E-state index in [1.807, 2.05) is 12.1 Å². The van der Waals surface area contributed by atoms with Gasteiger partial charge in [0.15, 0.2) is 11.5 Å². The molecule has 2 nitrogen and oxygen atoms in total. The molecule has 1 radical (unpaired) electrons. The van der Waals surface area contributed by atoms with Crippen LogP contribution in [0.5, 0.6) is 11.5 Å². The van der Waals surface area contributed by atoms with Crippen molar-refractivity contribution in [1.82, 2.24) is 0 Å². The summed E-state index contributed by atoms with van der Waals surface area (Å²) in [5.41, 5.74) is 1.13. The third-order valence-electron chi connectivity index (χ3n) is 2.47. The fraction of sp³-hybridized carbons (Fsp3) is 0.143. The minimum absolute atomic E-state index is 0.356. The monoisotopic (exact) mass is 231 g/mol. The molecule has 0 fully saturated rings. The first-order valence-corrected chi connectivity index (χ1v) is 5.15. The lowest BCUT2D eigenvalue weighted by Crippen LogP contribution is -1.94. The van der Waals surface area contributed by atoms with Gasteiger partial charge in [-0.25, -0.2) is 4.39 Å². The molecule has 0 N–H and O–H groups in total. The first-order chi connectivity index (χ1) is 8.26. The number of benzene rings is 2. The normalized spacial score (nSPS) is 10.1. The molecule has 0 aliphatic carbocycles. The highest BCUT2D eigenvalue weighted by Crippen LogP contribution is 2.34. The fourth-order valence-electron chi connectivity index (χ4n) is 1.62. The van der Waals surface area contributed by atoms with Crippen LogP contribution in [0.25, 0.3) is 11.1 Å². The Balaban J connectivity index is 2.56. The molecule has 0 aliphatic rings. The van der Waals surface area contributed by atoms with E-state index in [0.29, 0.717) is 22.6 Å². The minimum Gasteiger partial charge on any atom is -0.493 e. The molecule has 0 saturated heterocycles. The van der Waals surface area contributed by atoms with Crippen LogP contribution in [0.4, 0.5) is 4.39 Å². The smallest absolute Gasteiger partial charge is 0.163 e. The lowest BCUT2D eigenvalue weighted by molar-refractivity contribution is 0.352. The van der Waals surface area contributed by atoms with Crippen LogP contribution >= 0.6 is 0 Å². The predicted molar refractivity (Wildman–Crippen MR) is 63.8 cm³/mol. The van der Waals surface area contributed by atoms with Gasteiger partial charge in [0.1, 0.15) is 5.82 Å². The van der Waals surface area contributed by atoms with Crippen LogP contribution in [-0.2, 0) is 0 Å². The zero-order valence-electron chi connectivity index (χ0n) is 9.66. The summed E-state index contributed by atoms with van der Waals surface area (Å²) in [6.45, 7) is 0. The zero-order chi connectivity index (χ0) is 12.3. The van der Waals surface area contributed by atoms with Gasteiger partial charge >= 0.3 is 0 Å². The Morgan fingerprint density at radius 2 is 1.76 bits per heavy atom. The number of methoxy groups -OCH3 is 2. The van der Waals surface area contributed by atoms with Crippen molar-refractivity contribution in [3.8, 4) is 22.6 Å². The summed E-state index contributed by atoms with van der Waals surface area (Å²) in [6.07, 6.45) is 0. The van der Waals surface area contributed by atoms with Crippen molar-refractivity contribution in [3.05, 3.63) is 48.3 Å². The van der Waals surface area contributed by atoms with E-state index in [-0.39, 0.29) is 5.82 Å². The Hall–Kier alpha value is -2.03. The van der Waals surface area contributed by atoms with Crippen molar-refractivity contribution in [2.75, 3.05) is 14.2 Å². The van der Waals surface area contributed by atoms with Crippen molar-refractivity contribution in [3.63, 3.8) is 0 Å². The molecule has 0 atom stereocenters. The molecule has 0 unspecified atom stereocenters. The summed E-state index contributed by atoms with van der Waals surface area (Å²) in [5, 5.41) is 0. The highest BCUT2D eigenvalue weighted by Gasteiger charge is 2.12.